The van der Waals surface area contributed by atoms with Gasteiger partial charge in [0.25, 0.3) is 0 Å². The summed E-state index contributed by atoms with van der Waals surface area (Å²) < 4.78 is 0. The smallest absolute Gasteiger partial charge is 0.143 e. The second-order valence-corrected chi connectivity index (χ2v) is 4.83. The van der Waals surface area contributed by atoms with Gasteiger partial charge < -0.3 is 4.79 Å². The number of hydrogen-bond acceptors (Lipinski definition) is 2. The summed E-state index contributed by atoms with van der Waals surface area (Å²) in [6.45, 7) is 1.79. The monoisotopic (exact) mass is 266 g/mol. The van der Waals surface area contributed by atoms with Gasteiger partial charge in [0.2, 0.25) is 0 Å². The van der Waals surface area contributed by atoms with E-state index >= 15 is 0 Å². The van der Waals surface area contributed by atoms with E-state index in [-0.39, 0.29) is 5.78 Å². The van der Waals surface area contributed by atoms with E-state index in [0.717, 1.165) is 23.0 Å². The van der Waals surface area contributed by atoms with Crippen LogP contribution in [0.15, 0.2) is 54.6 Å². The molecule has 0 N–H and O–H groups in total. The number of aldehydes is 1. The van der Waals surface area contributed by atoms with Crippen molar-refractivity contribution in [3.05, 3.63) is 60.2 Å². The van der Waals surface area contributed by atoms with Crippen LogP contribution in [0.1, 0.15) is 18.9 Å². The first-order chi connectivity index (χ1) is 9.74. The summed E-state index contributed by atoms with van der Waals surface area (Å²) in [6, 6.07) is 18.1. The number of hydrogen-bond donors (Lipinski definition) is 0. The molecule has 0 aliphatic heterocycles. The van der Waals surface area contributed by atoms with Gasteiger partial charge in [0.1, 0.15) is 12.1 Å². The number of ketones is 1. The van der Waals surface area contributed by atoms with Gasteiger partial charge in [-0.25, -0.2) is 0 Å². The molecule has 1 unspecified atom stereocenters. The molecule has 0 aliphatic rings. The lowest BCUT2D eigenvalue weighted by Gasteiger charge is -2.09. The highest BCUT2D eigenvalue weighted by Crippen LogP contribution is 2.21. The minimum Gasteiger partial charge on any atom is -0.303 e. The van der Waals surface area contributed by atoms with E-state index in [1.165, 1.54) is 0 Å². The van der Waals surface area contributed by atoms with Gasteiger partial charge in [-0.15, -0.1) is 0 Å². The highest BCUT2D eigenvalue weighted by atomic mass is 16.1. The number of rotatable bonds is 6. The molecule has 2 aromatic rings. The third-order valence-electron chi connectivity index (χ3n) is 3.42. The van der Waals surface area contributed by atoms with Crippen LogP contribution in [-0.2, 0) is 16.0 Å². The SMILES string of the molecule is CCC(=O)C(C=O)Cc1cccc(-c2ccccc2)c1. The third-order valence-corrected chi connectivity index (χ3v) is 3.42. The molecule has 0 radical (unpaired) electrons. The first-order valence-corrected chi connectivity index (χ1v) is 6.87. The molecule has 2 nitrogen and oxygen atoms in total. The van der Waals surface area contributed by atoms with Gasteiger partial charge in [-0.3, -0.25) is 4.79 Å². The molecule has 0 fully saturated rings. The maximum Gasteiger partial charge on any atom is 0.143 e. The predicted molar refractivity (Wildman–Crippen MR) is 80.4 cm³/mol. The van der Waals surface area contributed by atoms with E-state index < -0.39 is 5.92 Å². The summed E-state index contributed by atoms with van der Waals surface area (Å²) in [7, 11) is 0. The van der Waals surface area contributed by atoms with Gasteiger partial charge in [-0.1, -0.05) is 61.5 Å². The second kappa shape index (κ2) is 6.80. The molecule has 0 amide bonds. The number of carbonyl (C=O) groups is 2. The average molecular weight is 266 g/mol. The Labute approximate surface area is 119 Å². The van der Waals surface area contributed by atoms with Crippen molar-refractivity contribution in [2.45, 2.75) is 19.8 Å². The lowest BCUT2D eigenvalue weighted by Crippen LogP contribution is -2.17. The average Bonchev–Trinajstić information content (AvgIpc) is 2.53. The van der Waals surface area contributed by atoms with Crippen LogP contribution >= 0.6 is 0 Å². The molecule has 2 heteroatoms. The highest BCUT2D eigenvalue weighted by Gasteiger charge is 2.16. The summed E-state index contributed by atoms with van der Waals surface area (Å²) in [5, 5.41) is 0. The fourth-order valence-corrected chi connectivity index (χ4v) is 2.26. The summed E-state index contributed by atoms with van der Waals surface area (Å²) in [6.07, 6.45) is 1.65. The van der Waals surface area contributed by atoms with Crippen molar-refractivity contribution < 1.29 is 9.59 Å². The van der Waals surface area contributed by atoms with Gasteiger partial charge in [-0.05, 0) is 23.1 Å². The molecule has 0 bridgehead atoms. The van der Waals surface area contributed by atoms with E-state index in [4.69, 9.17) is 0 Å². The van der Waals surface area contributed by atoms with Crippen molar-refractivity contribution in [3.8, 4) is 11.1 Å². The van der Waals surface area contributed by atoms with Crippen molar-refractivity contribution >= 4 is 12.1 Å². The van der Waals surface area contributed by atoms with Crippen LogP contribution in [0.4, 0.5) is 0 Å². The number of benzene rings is 2. The molecule has 1 atom stereocenters. The maximum atomic E-state index is 11.7. The van der Waals surface area contributed by atoms with Crippen LogP contribution in [0, 0.1) is 5.92 Å². The van der Waals surface area contributed by atoms with Crippen molar-refractivity contribution in [3.63, 3.8) is 0 Å². The van der Waals surface area contributed by atoms with Gasteiger partial charge in [0.15, 0.2) is 0 Å². The van der Waals surface area contributed by atoms with Crippen molar-refractivity contribution in [1.82, 2.24) is 0 Å². The molecule has 0 aliphatic carbocycles. The fourth-order valence-electron chi connectivity index (χ4n) is 2.26. The lowest BCUT2D eigenvalue weighted by molar-refractivity contribution is -0.127. The van der Waals surface area contributed by atoms with E-state index in [1.807, 2.05) is 48.5 Å². The Hall–Kier alpha value is -2.22. The van der Waals surface area contributed by atoms with Gasteiger partial charge in [0, 0.05) is 6.42 Å². The first kappa shape index (κ1) is 14.2. The third kappa shape index (κ3) is 3.41. The van der Waals surface area contributed by atoms with Crippen LogP contribution < -0.4 is 0 Å². The van der Waals surface area contributed by atoms with Crippen LogP contribution in [0.25, 0.3) is 11.1 Å². The topological polar surface area (TPSA) is 34.1 Å². The molecule has 2 aromatic carbocycles. The van der Waals surface area contributed by atoms with Gasteiger partial charge >= 0.3 is 0 Å². The molecular weight excluding hydrogens is 248 g/mol. The predicted octanol–water partition coefficient (Wildman–Crippen LogP) is 3.69. The molecule has 0 heterocycles. The van der Waals surface area contributed by atoms with Crippen molar-refractivity contribution in [2.24, 2.45) is 5.92 Å². The minimum atomic E-state index is -0.522. The molecule has 2 rings (SSSR count). The highest BCUT2D eigenvalue weighted by molar-refractivity contribution is 5.93. The Morgan fingerprint density at radius 1 is 1.05 bits per heavy atom. The summed E-state index contributed by atoms with van der Waals surface area (Å²) >= 11 is 0. The Bertz CT molecular complexity index is 587. The second-order valence-electron chi connectivity index (χ2n) is 4.83. The van der Waals surface area contributed by atoms with Crippen LogP contribution in [0.2, 0.25) is 0 Å². The van der Waals surface area contributed by atoms with Crippen molar-refractivity contribution in [1.29, 1.82) is 0 Å². The van der Waals surface area contributed by atoms with Gasteiger partial charge in [-0.2, -0.15) is 0 Å². The molecular formula is C18H18O2. The van der Waals surface area contributed by atoms with E-state index in [0.29, 0.717) is 12.8 Å². The summed E-state index contributed by atoms with van der Waals surface area (Å²) in [4.78, 5) is 22.7. The number of Topliss-reactive ketones (excluding diaryl/α,β-unsaturated/α-hetero) is 1. The van der Waals surface area contributed by atoms with E-state index in [9.17, 15) is 9.59 Å². The zero-order valence-electron chi connectivity index (χ0n) is 11.6. The normalized spacial score (nSPS) is 11.8. The molecule has 20 heavy (non-hydrogen) atoms. The van der Waals surface area contributed by atoms with E-state index in [2.05, 4.69) is 6.07 Å². The Kier molecular flexibility index (Phi) is 4.83. The number of carbonyl (C=O) groups excluding carboxylic acids is 2. The zero-order valence-corrected chi connectivity index (χ0v) is 11.6. The molecule has 0 saturated heterocycles. The largest absolute Gasteiger partial charge is 0.303 e. The van der Waals surface area contributed by atoms with E-state index in [1.54, 1.807) is 6.92 Å². The Morgan fingerprint density at radius 2 is 1.75 bits per heavy atom. The quantitative estimate of drug-likeness (QED) is 0.590. The minimum absolute atomic E-state index is 0.00474. The van der Waals surface area contributed by atoms with Crippen molar-refractivity contribution in [2.75, 3.05) is 0 Å². The van der Waals surface area contributed by atoms with Crippen LogP contribution in [-0.4, -0.2) is 12.1 Å². The standard InChI is InChI=1S/C18H18O2/c1-2-18(20)17(13-19)12-14-7-6-10-16(11-14)15-8-4-3-5-9-15/h3-11,13,17H,2,12H2,1H3. The van der Waals surface area contributed by atoms with Gasteiger partial charge in [0.05, 0.1) is 5.92 Å². The van der Waals surface area contributed by atoms with Crippen LogP contribution in [0.5, 0.6) is 0 Å². The molecule has 0 saturated carbocycles. The molecule has 0 spiro atoms. The Balaban J connectivity index is 2.22. The Morgan fingerprint density at radius 3 is 2.40 bits per heavy atom. The molecule has 0 aromatic heterocycles. The maximum absolute atomic E-state index is 11.7. The first-order valence-electron chi connectivity index (χ1n) is 6.87. The summed E-state index contributed by atoms with van der Waals surface area (Å²) in [5.41, 5.74) is 3.26. The molecule has 102 valence electrons. The zero-order chi connectivity index (χ0) is 14.4. The van der Waals surface area contributed by atoms with Crippen LogP contribution in [0.3, 0.4) is 0 Å². The summed E-state index contributed by atoms with van der Waals surface area (Å²) in [5.74, 6) is -0.517. The lowest BCUT2D eigenvalue weighted by atomic mass is 9.93. The fraction of sp³-hybridized carbons (Fsp3) is 0.222.